The van der Waals surface area contributed by atoms with E-state index < -0.39 is 0 Å². The molecule has 4 heteroatoms. The van der Waals surface area contributed by atoms with Gasteiger partial charge in [-0.3, -0.25) is 0 Å². The Hall–Kier alpha value is -0.710. The van der Waals surface area contributed by atoms with Crippen molar-refractivity contribution in [2.24, 2.45) is 5.92 Å². The number of halogens is 3. The molecule has 0 bridgehead atoms. The minimum Gasteiger partial charge on any atom is -0.378 e. The highest BCUT2D eigenvalue weighted by Gasteiger charge is 2.37. The van der Waals surface area contributed by atoms with Crippen LogP contribution in [0.4, 0.5) is 5.69 Å². The predicted octanol–water partition coefficient (Wildman–Crippen LogP) is 6.42. The van der Waals surface area contributed by atoms with Crippen LogP contribution in [0, 0.1) is 9.49 Å². The molecule has 22 heavy (non-hydrogen) atoms. The maximum Gasteiger partial charge on any atom is 0.0595 e. The van der Waals surface area contributed by atoms with Crippen LogP contribution in [0.5, 0.6) is 0 Å². The van der Waals surface area contributed by atoms with Gasteiger partial charge in [0.2, 0.25) is 0 Å². The fourth-order valence-corrected chi connectivity index (χ4v) is 4.42. The van der Waals surface area contributed by atoms with Crippen molar-refractivity contribution >= 4 is 51.5 Å². The molecule has 0 unspecified atom stereocenters. The zero-order chi connectivity index (χ0) is 15.3. The fraction of sp³-hybridized carbons (Fsp3) is 0.222. The number of benzene rings is 2. The Kier molecular flexibility index (Phi) is 3.87. The summed E-state index contributed by atoms with van der Waals surface area (Å²) >= 11 is 14.7. The van der Waals surface area contributed by atoms with E-state index in [1.807, 2.05) is 12.1 Å². The summed E-state index contributed by atoms with van der Waals surface area (Å²) in [5.41, 5.74) is 3.84. The van der Waals surface area contributed by atoms with Gasteiger partial charge in [-0.1, -0.05) is 41.4 Å². The topological polar surface area (TPSA) is 12.0 Å². The summed E-state index contributed by atoms with van der Waals surface area (Å²) in [4.78, 5) is 0. The van der Waals surface area contributed by atoms with Crippen LogP contribution in [-0.2, 0) is 0 Å². The molecular weight excluding hydrogens is 428 g/mol. The van der Waals surface area contributed by atoms with Gasteiger partial charge in [0.25, 0.3) is 0 Å². The number of allylic oxidation sites excluding steroid dienone is 2. The lowest BCUT2D eigenvalue weighted by molar-refractivity contribution is 0.425. The van der Waals surface area contributed by atoms with Crippen molar-refractivity contribution in [1.82, 2.24) is 0 Å². The van der Waals surface area contributed by atoms with Crippen LogP contribution in [-0.4, -0.2) is 0 Å². The molecule has 2 aromatic carbocycles. The molecule has 1 nitrogen and oxygen atoms in total. The van der Waals surface area contributed by atoms with E-state index >= 15 is 0 Å². The number of fused-ring (bicyclic) bond motifs is 3. The fourth-order valence-electron chi connectivity index (χ4n) is 3.60. The third-order valence-electron chi connectivity index (χ3n) is 4.63. The number of nitrogens with one attached hydrogen (secondary N) is 1. The lowest BCUT2D eigenvalue weighted by Gasteiger charge is -2.37. The van der Waals surface area contributed by atoms with Crippen LogP contribution in [0.1, 0.15) is 29.5 Å². The summed E-state index contributed by atoms with van der Waals surface area (Å²) in [6, 6.07) is 12.9. The van der Waals surface area contributed by atoms with Gasteiger partial charge >= 0.3 is 0 Å². The van der Waals surface area contributed by atoms with Gasteiger partial charge in [-0.2, -0.15) is 0 Å². The van der Waals surface area contributed by atoms with Crippen LogP contribution < -0.4 is 5.32 Å². The molecule has 0 saturated heterocycles. The van der Waals surface area contributed by atoms with Crippen molar-refractivity contribution in [3.63, 3.8) is 0 Å². The van der Waals surface area contributed by atoms with Gasteiger partial charge in [0.1, 0.15) is 0 Å². The zero-order valence-electron chi connectivity index (χ0n) is 11.7. The number of hydrogen-bond donors (Lipinski definition) is 1. The normalized spacial score (nSPS) is 25.5. The van der Waals surface area contributed by atoms with Gasteiger partial charge in [0.15, 0.2) is 0 Å². The first-order valence-corrected chi connectivity index (χ1v) is 9.14. The van der Waals surface area contributed by atoms with E-state index in [-0.39, 0.29) is 6.04 Å². The van der Waals surface area contributed by atoms with Crippen LogP contribution >= 0.6 is 45.8 Å². The Morgan fingerprint density at radius 2 is 1.91 bits per heavy atom. The van der Waals surface area contributed by atoms with E-state index in [0.29, 0.717) is 21.9 Å². The van der Waals surface area contributed by atoms with Gasteiger partial charge in [0.05, 0.1) is 16.1 Å². The number of anilines is 1. The second-order valence-corrected chi connectivity index (χ2v) is 7.94. The molecule has 2 aromatic rings. The standard InChI is InChI=1S/C18H14Cl2IN/c19-15-6-4-10(8-16(15)20)18-13-3-1-2-12(13)14-9-11(21)5-7-17(14)22-18/h1-2,4-9,12-13,18,22H,3H2/t12-,13+,18+/m1/s1. The van der Waals surface area contributed by atoms with Crippen LogP contribution in [0.2, 0.25) is 10.0 Å². The maximum absolute atomic E-state index is 6.22. The van der Waals surface area contributed by atoms with Crippen molar-refractivity contribution in [3.8, 4) is 0 Å². The van der Waals surface area contributed by atoms with E-state index in [0.717, 1.165) is 6.42 Å². The summed E-state index contributed by atoms with van der Waals surface area (Å²) in [7, 11) is 0. The minimum atomic E-state index is 0.266. The van der Waals surface area contributed by atoms with E-state index in [2.05, 4.69) is 64.3 Å². The summed E-state index contributed by atoms with van der Waals surface area (Å²) in [6.07, 6.45) is 5.74. The Morgan fingerprint density at radius 3 is 2.73 bits per heavy atom. The molecule has 1 N–H and O–H groups in total. The van der Waals surface area contributed by atoms with Crippen molar-refractivity contribution < 1.29 is 0 Å². The van der Waals surface area contributed by atoms with Crippen molar-refractivity contribution in [3.05, 3.63) is 73.3 Å². The van der Waals surface area contributed by atoms with Gasteiger partial charge in [-0.25, -0.2) is 0 Å². The Balaban J connectivity index is 1.79. The predicted molar refractivity (Wildman–Crippen MR) is 102 cm³/mol. The summed E-state index contributed by atoms with van der Waals surface area (Å²) in [5, 5.41) is 4.94. The third kappa shape index (κ3) is 2.45. The van der Waals surface area contributed by atoms with E-state index in [1.54, 1.807) is 0 Å². The van der Waals surface area contributed by atoms with Crippen molar-refractivity contribution in [2.45, 2.75) is 18.4 Å². The first kappa shape index (κ1) is 14.9. The van der Waals surface area contributed by atoms with E-state index in [9.17, 15) is 0 Å². The highest BCUT2D eigenvalue weighted by atomic mass is 127. The average molecular weight is 442 g/mol. The molecule has 0 saturated carbocycles. The smallest absolute Gasteiger partial charge is 0.0595 e. The molecule has 1 heterocycles. The average Bonchev–Trinajstić information content (AvgIpc) is 2.99. The number of hydrogen-bond acceptors (Lipinski definition) is 1. The van der Waals surface area contributed by atoms with Crippen molar-refractivity contribution in [1.29, 1.82) is 0 Å². The maximum atomic E-state index is 6.22. The molecule has 0 radical (unpaired) electrons. The molecule has 0 fully saturated rings. The quantitative estimate of drug-likeness (QED) is 0.397. The third-order valence-corrected chi connectivity index (χ3v) is 6.04. The second kappa shape index (κ2) is 5.73. The Labute approximate surface area is 153 Å². The summed E-state index contributed by atoms with van der Waals surface area (Å²) < 4.78 is 1.28. The first-order chi connectivity index (χ1) is 10.6. The van der Waals surface area contributed by atoms with Crippen LogP contribution in [0.25, 0.3) is 0 Å². The molecule has 1 aliphatic heterocycles. The largest absolute Gasteiger partial charge is 0.378 e. The van der Waals surface area contributed by atoms with Gasteiger partial charge < -0.3 is 5.32 Å². The zero-order valence-corrected chi connectivity index (χ0v) is 15.4. The second-order valence-electron chi connectivity index (χ2n) is 5.88. The minimum absolute atomic E-state index is 0.266. The number of rotatable bonds is 1. The molecule has 0 amide bonds. The molecular formula is C18H14Cl2IN. The molecule has 3 atom stereocenters. The Morgan fingerprint density at radius 1 is 1.05 bits per heavy atom. The SMILES string of the molecule is Clc1ccc([C@@H]2Nc3ccc(I)cc3[C@@H]3C=CC[C@@H]32)cc1Cl. The molecule has 1 aliphatic carbocycles. The molecule has 0 spiro atoms. The van der Waals surface area contributed by atoms with E-state index in [4.69, 9.17) is 23.2 Å². The lowest BCUT2D eigenvalue weighted by Crippen LogP contribution is -2.29. The summed E-state index contributed by atoms with van der Waals surface area (Å²) in [5.74, 6) is 1.01. The highest BCUT2D eigenvalue weighted by Crippen LogP contribution is 2.50. The molecule has 112 valence electrons. The monoisotopic (exact) mass is 441 g/mol. The summed E-state index contributed by atoms with van der Waals surface area (Å²) in [6.45, 7) is 0. The Bertz CT molecular complexity index is 772. The van der Waals surface area contributed by atoms with Gasteiger partial charge in [-0.15, -0.1) is 0 Å². The van der Waals surface area contributed by atoms with Gasteiger partial charge in [-0.05, 0) is 76.4 Å². The van der Waals surface area contributed by atoms with Crippen molar-refractivity contribution in [2.75, 3.05) is 5.32 Å². The first-order valence-electron chi connectivity index (χ1n) is 7.31. The van der Waals surface area contributed by atoms with E-state index in [1.165, 1.54) is 20.4 Å². The van der Waals surface area contributed by atoms with Crippen LogP contribution in [0.3, 0.4) is 0 Å². The van der Waals surface area contributed by atoms with Crippen LogP contribution in [0.15, 0.2) is 48.6 Å². The van der Waals surface area contributed by atoms with Gasteiger partial charge in [0, 0.05) is 15.2 Å². The highest BCUT2D eigenvalue weighted by molar-refractivity contribution is 14.1. The molecule has 0 aromatic heterocycles. The lowest BCUT2D eigenvalue weighted by atomic mass is 9.77. The molecule has 4 rings (SSSR count). The molecule has 2 aliphatic rings.